The molecule has 1 aromatic carbocycles. The Kier molecular flexibility index (Phi) is 6.78. The smallest absolute Gasteiger partial charge is 0.293 e. The van der Waals surface area contributed by atoms with Crippen LogP contribution in [0.25, 0.3) is 0 Å². The predicted molar refractivity (Wildman–Crippen MR) is 93.2 cm³/mol. The van der Waals surface area contributed by atoms with E-state index in [1.54, 1.807) is 30.3 Å². The molecular formula is C16H17N3O5S. The van der Waals surface area contributed by atoms with Crippen LogP contribution in [0.5, 0.6) is 11.5 Å². The molecule has 0 unspecified atom stereocenters. The maximum absolute atomic E-state index is 11.7. The highest BCUT2D eigenvalue weighted by Gasteiger charge is 2.10. The Labute approximate surface area is 149 Å². The molecular weight excluding hydrogens is 346 g/mol. The monoisotopic (exact) mass is 363 g/mol. The third kappa shape index (κ3) is 6.15. The zero-order valence-electron chi connectivity index (χ0n) is 13.4. The van der Waals surface area contributed by atoms with Gasteiger partial charge in [0, 0.05) is 0 Å². The summed E-state index contributed by atoms with van der Waals surface area (Å²) >= 11 is 4.89. The van der Waals surface area contributed by atoms with Crippen molar-refractivity contribution in [1.82, 2.24) is 16.2 Å². The molecule has 8 nitrogen and oxygen atoms in total. The van der Waals surface area contributed by atoms with Crippen molar-refractivity contribution in [2.75, 3.05) is 13.2 Å². The first-order chi connectivity index (χ1) is 12.1. The zero-order chi connectivity index (χ0) is 18.1. The highest BCUT2D eigenvalue weighted by Crippen LogP contribution is 2.17. The maximum Gasteiger partial charge on any atom is 0.293 e. The highest BCUT2D eigenvalue weighted by atomic mass is 32.1. The number of carbonyl (C=O) groups excluding carboxylic acids is 2. The van der Waals surface area contributed by atoms with Crippen LogP contribution in [-0.4, -0.2) is 30.1 Å². The number of ether oxygens (including phenoxy) is 2. The average Bonchev–Trinajstić information content (AvgIpc) is 3.14. The summed E-state index contributed by atoms with van der Waals surface area (Å²) in [5.74, 6) is 0.353. The van der Waals surface area contributed by atoms with Crippen LogP contribution in [0.2, 0.25) is 0 Å². The van der Waals surface area contributed by atoms with E-state index in [0.717, 1.165) is 5.75 Å². The fraction of sp³-hybridized carbons (Fsp3) is 0.188. The van der Waals surface area contributed by atoms with Gasteiger partial charge >= 0.3 is 0 Å². The van der Waals surface area contributed by atoms with Crippen molar-refractivity contribution in [2.24, 2.45) is 0 Å². The molecule has 0 aliphatic rings. The summed E-state index contributed by atoms with van der Waals surface area (Å²) in [5, 5.41) is 2.27. The van der Waals surface area contributed by atoms with Crippen LogP contribution in [0, 0.1) is 0 Å². The fourth-order valence-electron chi connectivity index (χ4n) is 1.71. The molecule has 0 saturated heterocycles. The first kappa shape index (κ1) is 18.3. The molecule has 25 heavy (non-hydrogen) atoms. The van der Waals surface area contributed by atoms with Crippen molar-refractivity contribution < 1.29 is 23.5 Å². The van der Waals surface area contributed by atoms with Gasteiger partial charge in [0.05, 0.1) is 12.9 Å². The van der Waals surface area contributed by atoms with Crippen molar-refractivity contribution in [3.8, 4) is 11.5 Å². The van der Waals surface area contributed by atoms with Gasteiger partial charge in [0.25, 0.3) is 11.8 Å². The standard InChI is InChI=1S/C16H17N3O5S/c1-2-22-11-5-7-12(8-6-11)24-10-14(20)18-19-16(25)17-15(21)13-4-3-9-23-13/h3-9H,2,10H2,1H3,(H,18,20)(H2,17,19,21,25). The van der Waals surface area contributed by atoms with E-state index >= 15 is 0 Å². The first-order valence-corrected chi connectivity index (χ1v) is 7.78. The second kappa shape index (κ2) is 9.28. The number of amides is 2. The van der Waals surface area contributed by atoms with Gasteiger partial charge in [0.15, 0.2) is 17.5 Å². The van der Waals surface area contributed by atoms with Crippen LogP contribution in [-0.2, 0) is 4.79 Å². The first-order valence-electron chi connectivity index (χ1n) is 7.38. The van der Waals surface area contributed by atoms with Gasteiger partial charge in [-0.05, 0) is 55.5 Å². The molecule has 0 saturated carbocycles. The Bertz CT molecular complexity index is 716. The molecule has 0 fully saturated rings. The van der Waals surface area contributed by atoms with Crippen LogP contribution in [0.4, 0.5) is 0 Å². The minimum absolute atomic E-state index is 0.0733. The molecule has 3 N–H and O–H groups in total. The Morgan fingerprint density at radius 2 is 1.76 bits per heavy atom. The van der Waals surface area contributed by atoms with Gasteiger partial charge < -0.3 is 13.9 Å². The minimum atomic E-state index is -0.526. The summed E-state index contributed by atoms with van der Waals surface area (Å²) in [6.45, 7) is 2.24. The molecule has 2 amide bonds. The fourth-order valence-corrected chi connectivity index (χ4v) is 1.86. The van der Waals surface area contributed by atoms with Crippen molar-refractivity contribution in [2.45, 2.75) is 6.92 Å². The number of benzene rings is 1. The lowest BCUT2D eigenvalue weighted by molar-refractivity contribution is -0.123. The van der Waals surface area contributed by atoms with Gasteiger partial charge in [0.1, 0.15) is 11.5 Å². The number of furan rings is 1. The van der Waals surface area contributed by atoms with Crippen LogP contribution >= 0.6 is 12.2 Å². The van der Waals surface area contributed by atoms with Gasteiger partial charge in [0.2, 0.25) is 0 Å². The van der Waals surface area contributed by atoms with Crippen molar-refractivity contribution in [1.29, 1.82) is 0 Å². The van der Waals surface area contributed by atoms with Crippen molar-refractivity contribution in [3.63, 3.8) is 0 Å². The van der Waals surface area contributed by atoms with E-state index in [2.05, 4.69) is 16.2 Å². The third-order valence-corrected chi connectivity index (χ3v) is 3.00. The van der Waals surface area contributed by atoms with Crippen LogP contribution in [0.3, 0.4) is 0 Å². The molecule has 0 atom stereocenters. The SMILES string of the molecule is CCOc1ccc(OCC(=O)NNC(=S)NC(=O)c2ccco2)cc1. The van der Waals surface area contributed by atoms with Crippen molar-refractivity contribution >= 4 is 29.1 Å². The van der Waals surface area contributed by atoms with Crippen LogP contribution < -0.4 is 25.6 Å². The topological polar surface area (TPSA) is 102 Å². The maximum atomic E-state index is 11.7. The van der Waals surface area contributed by atoms with Gasteiger partial charge in [-0.3, -0.25) is 25.8 Å². The molecule has 0 aliphatic heterocycles. The number of carbonyl (C=O) groups is 2. The summed E-state index contributed by atoms with van der Waals surface area (Å²) in [5.41, 5.74) is 4.71. The summed E-state index contributed by atoms with van der Waals surface area (Å²) in [6.07, 6.45) is 1.37. The molecule has 0 spiro atoms. The number of nitrogens with one attached hydrogen (secondary N) is 3. The number of thiocarbonyl (C=S) groups is 1. The van der Waals surface area contributed by atoms with E-state index in [-0.39, 0.29) is 17.5 Å². The van der Waals surface area contributed by atoms with Crippen LogP contribution in [0.15, 0.2) is 47.1 Å². The zero-order valence-corrected chi connectivity index (χ0v) is 14.2. The lowest BCUT2D eigenvalue weighted by atomic mass is 10.3. The molecule has 132 valence electrons. The lowest BCUT2D eigenvalue weighted by Crippen LogP contribution is -2.49. The van der Waals surface area contributed by atoms with E-state index in [4.69, 9.17) is 26.1 Å². The van der Waals surface area contributed by atoms with Crippen LogP contribution in [0.1, 0.15) is 17.5 Å². The van der Waals surface area contributed by atoms with E-state index in [0.29, 0.717) is 12.4 Å². The number of rotatable bonds is 6. The number of hydrazine groups is 1. The Hall–Kier alpha value is -3.07. The molecule has 2 aromatic rings. The molecule has 1 heterocycles. The summed E-state index contributed by atoms with van der Waals surface area (Å²) in [6, 6.07) is 9.94. The summed E-state index contributed by atoms with van der Waals surface area (Å²) in [7, 11) is 0. The number of hydrogen-bond donors (Lipinski definition) is 3. The highest BCUT2D eigenvalue weighted by molar-refractivity contribution is 7.80. The average molecular weight is 363 g/mol. The van der Waals surface area contributed by atoms with Gasteiger partial charge in [-0.2, -0.15) is 0 Å². The second-order valence-corrected chi connectivity index (χ2v) is 5.04. The van der Waals surface area contributed by atoms with E-state index in [9.17, 15) is 9.59 Å². The van der Waals surface area contributed by atoms with Gasteiger partial charge in [-0.15, -0.1) is 0 Å². The Morgan fingerprint density at radius 1 is 1.08 bits per heavy atom. The normalized spacial score (nSPS) is 9.80. The van der Waals surface area contributed by atoms with Gasteiger partial charge in [-0.25, -0.2) is 0 Å². The van der Waals surface area contributed by atoms with E-state index in [1.807, 2.05) is 6.92 Å². The van der Waals surface area contributed by atoms with Gasteiger partial charge in [-0.1, -0.05) is 0 Å². The van der Waals surface area contributed by atoms with E-state index < -0.39 is 11.8 Å². The summed E-state index contributed by atoms with van der Waals surface area (Å²) < 4.78 is 15.5. The molecule has 9 heteroatoms. The second-order valence-electron chi connectivity index (χ2n) is 4.63. The molecule has 0 radical (unpaired) electrons. The summed E-state index contributed by atoms with van der Waals surface area (Å²) in [4.78, 5) is 23.4. The van der Waals surface area contributed by atoms with Crippen molar-refractivity contribution in [3.05, 3.63) is 48.4 Å². The lowest BCUT2D eigenvalue weighted by Gasteiger charge is -2.11. The largest absolute Gasteiger partial charge is 0.494 e. The Morgan fingerprint density at radius 3 is 2.36 bits per heavy atom. The predicted octanol–water partition coefficient (Wildman–Crippen LogP) is 1.39. The molecule has 0 bridgehead atoms. The van der Waals surface area contributed by atoms with E-state index in [1.165, 1.54) is 12.3 Å². The minimum Gasteiger partial charge on any atom is -0.494 e. The molecule has 0 aliphatic carbocycles. The third-order valence-electron chi connectivity index (χ3n) is 2.79. The molecule has 1 aromatic heterocycles. The molecule has 2 rings (SSSR count). The quantitative estimate of drug-likeness (QED) is 0.527. The number of hydrogen-bond acceptors (Lipinski definition) is 6. The Balaban J connectivity index is 1.68.